The molecule has 2 nitrogen and oxygen atoms in total. The van der Waals surface area contributed by atoms with Crippen LogP contribution >= 0.6 is 0 Å². The fourth-order valence-electron chi connectivity index (χ4n) is 1.67. The summed E-state index contributed by atoms with van der Waals surface area (Å²) in [5.74, 6) is 1.02. The molecule has 0 atom stereocenters. The SMILES string of the molecule is N#CCCCCNCCC1CCC1. The lowest BCUT2D eigenvalue weighted by atomic mass is 9.83. The predicted octanol–water partition coefficient (Wildman–Crippen LogP) is 2.46. The number of unbranched alkanes of at least 4 members (excludes halogenated alkanes) is 2. The zero-order chi connectivity index (χ0) is 9.36. The van der Waals surface area contributed by atoms with Gasteiger partial charge in [-0.1, -0.05) is 19.3 Å². The van der Waals surface area contributed by atoms with Gasteiger partial charge in [-0.2, -0.15) is 5.26 Å². The maximum Gasteiger partial charge on any atom is 0.0621 e. The minimum atomic E-state index is 0.713. The smallest absolute Gasteiger partial charge is 0.0621 e. The van der Waals surface area contributed by atoms with Crippen molar-refractivity contribution >= 4 is 0 Å². The molecule has 0 heterocycles. The molecule has 0 unspecified atom stereocenters. The van der Waals surface area contributed by atoms with Crippen LogP contribution in [0.25, 0.3) is 0 Å². The summed E-state index contributed by atoms with van der Waals surface area (Å²) in [4.78, 5) is 0. The van der Waals surface area contributed by atoms with E-state index in [4.69, 9.17) is 5.26 Å². The van der Waals surface area contributed by atoms with Crippen LogP contribution in [0.2, 0.25) is 0 Å². The molecule has 1 aliphatic rings. The van der Waals surface area contributed by atoms with E-state index >= 15 is 0 Å². The first-order chi connectivity index (χ1) is 6.43. The highest BCUT2D eigenvalue weighted by Gasteiger charge is 2.15. The van der Waals surface area contributed by atoms with Crippen LogP contribution in [0.4, 0.5) is 0 Å². The Bertz CT molecular complexity index is 156. The normalized spacial score (nSPS) is 16.5. The maximum absolute atomic E-state index is 8.31. The number of hydrogen-bond donors (Lipinski definition) is 1. The van der Waals surface area contributed by atoms with Crippen molar-refractivity contribution in [2.75, 3.05) is 13.1 Å². The lowest BCUT2D eigenvalue weighted by Crippen LogP contribution is -2.22. The summed E-state index contributed by atoms with van der Waals surface area (Å²) in [5.41, 5.74) is 0. The lowest BCUT2D eigenvalue weighted by Gasteiger charge is -2.25. The van der Waals surface area contributed by atoms with Gasteiger partial charge in [0.25, 0.3) is 0 Å². The van der Waals surface area contributed by atoms with E-state index in [-0.39, 0.29) is 0 Å². The number of rotatable bonds is 7. The molecule has 1 fully saturated rings. The molecule has 0 bridgehead atoms. The van der Waals surface area contributed by atoms with Gasteiger partial charge in [0.2, 0.25) is 0 Å². The summed E-state index contributed by atoms with van der Waals surface area (Å²) in [6, 6.07) is 2.17. The van der Waals surface area contributed by atoms with Crippen LogP contribution in [0, 0.1) is 17.2 Å². The van der Waals surface area contributed by atoms with Gasteiger partial charge in [-0.15, -0.1) is 0 Å². The van der Waals surface area contributed by atoms with E-state index in [2.05, 4.69) is 11.4 Å². The van der Waals surface area contributed by atoms with Gasteiger partial charge in [0.15, 0.2) is 0 Å². The monoisotopic (exact) mass is 180 g/mol. The first kappa shape index (κ1) is 10.5. The topological polar surface area (TPSA) is 35.8 Å². The fourth-order valence-corrected chi connectivity index (χ4v) is 1.67. The zero-order valence-corrected chi connectivity index (χ0v) is 8.39. The third-order valence-electron chi connectivity index (χ3n) is 2.85. The van der Waals surface area contributed by atoms with Crippen LogP contribution in [-0.2, 0) is 0 Å². The largest absolute Gasteiger partial charge is 0.317 e. The number of nitrogens with zero attached hydrogens (tertiary/aromatic N) is 1. The van der Waals surface area contributed by atoms with Gasteiger partial charge in [0, 0.05) is 6.42 Å². The van der Waals surface area contributed by atoms with Gasteiger partial charge in [0.05, 0.1) is 6.07 Å². The van der Waals surface area contributed by atoms with Crippen LogP contribution in [-0.4, -0.2) is 13.1 Å². The molecule has 0 aromatic carbocycles. The van der Waals surface area contributed by atoms with E-state index in [0.717, 1.165) is 25.3 Å². The van der Waals surface area contributed by atoms with Crippen LogP contribution in [0.1, 0.15) is 44.9 Å². The quantitative estimate of drug-likeness (QED) is 0.611. The van der Waals surface area contributed by atoms with Crippen molar-refractivity contribution in [3.05, 3.63) is 0 Å². The summed E-state index contributed by atoms with van der Waals surface area (Å²) in [5, 5.41) is 11.7. The van der Waals surface area contributed by atoms with Crippen molar-refractivity contribution < 1.29 is 0 Å². The van der Waals surface area contributed by atoms with Gasteiger partial charge in [0.1, 0.15) is 0 Å². The zero-order valence-electron chi connectivity index (χ0n) is 8.39. The molecule has 13 heavy (non-hydrogen) atoms. The van der Waals surface area contributed by atoms with Gasteiger partial charge < -0.3 is 5.32 Å². The van der Waals surface area contributed by atoms with E-state index in [9.17, 15) is 0 Å². The van der Waals surface area contributed by atoms with Gasteiger partial charge >= 0.3 is 0 Å². The third kappa shape index (κ3) is 4.90. The van der Waals surface area contributed by atoms with Crippen molar-refractivity contribution in [3.63, 3.8) is 0 Å². The van der Waals surface area contributed by atoms with Gasteiger partial charge in [-0.05, 0) is 38.3 Å². The Morgan fingerprint density at radius 2 is 2.08 bits per heavy atom. The van der Waals surface area contributed by atoms with Crippen LogP contribution < -0.4 is 5.32 Å². The van der Waals surface area contributed by atoms with E-state index in [1.807, 2.05) is 0 Å². The minimum Gasteiger partial charge on any atom is -0.317 e. The maximum atomic E-state index is 8.31. The molecular weight excluding hydrogens is 160 g/mol. The molecule has 74 valence electrons. The van der Waals surface area contributed by atoms with Crippen molar-refractivity contribution in [3.8, 4) is 6.07 Å². The molecule has 0 amide bonds. The predicted molar refractivity (Wildman–Crippen MR) is 54.3 cm³/mol. The molecule has 1 rings (SSSR count). The van der Waals surface area contributed by atoms with Crippen molar-refractivity contribution in [2.24, 2.45) is 5.92 Å². The third-order valence-corrected chi connectivity index (χ3v) is 2.85. The molecule has 0 aliphatic heterocycles. The Balaban J connectivity index is 1.71. The van der Waals surface area contributed by atoms with Gasteiger partial charge in [-0.25, -0.2) is 0 Å². The first-order valence-electron chi connectivity index (χ1n) is 5.51. The summed E-state index contributed by atoms with van der Waals surface area (Å²) < 4.78 is 0. The molecule has 0 radical (unpaired) electrons. The van der Waals surface area contributed by atoms with E-state index in [1.54, 1.807) is 0 Å². The van der Waals surface area contributed by atoms with Crippen molar-refractivity contribution in [2.45, 2.75) is 44.9 Å². The van der Waals surface area contributed by atoms with Crippen LogP contribution in [0.15, 0.2) is 0 Å². The van der Waals surface area contributed by atoms with E-state index < -0.39 is 0 Å². The second-order valence-corrected chi connectivity index (χ2v) is 3.95. The highest BCUT2D eigenvalue weighted by Crippen LogP contribution is 2.28. The lowest BCUT2D eigenvalue weighted by molar-refractivity contribution is 0.292. The van der Waals surface area contributed by atoms with E-state index in [1.165, 1.54) is 32.2 Å². The highest BCUT2D eigenvalue weighted by molar-refractivity contribution is 4.71. The molecule has 0 spiro atoms. The Hall–Kier alpha value is -0.550. The second kappa shape index (κ2) is 6.91. The molecule has 0 aromatic rings. The molecule has 1 N–H and O–H groups in total. The number of nitriles is 1. The molecule has 0 saturated heterocycles. The van der Waals surface area contributed by atoms with Crippen LogP contribution in [0.3, 0.4) is 0 Å². The number of hydrogen-bond acceptors (Lipinski definition) is 2. The summed E-state index contributed by atoms with van der Waals surface area (Å²) >= 11 is 0. The first-order valence-corrected chi connectivity index (χ1v) is 5.51. The summed E-state index contributed by atoms with van der Waals surface area (Å²) in [6.45, 7) is 2.27. The Kier molecular flexibility index (Phi) is 5.60. The molecule has 2 heteroatoms. The summed E-state index contributed by atoms with van der Waals surface area (Å²) in [6.07, 6.45) is 8.63. The second-order valence-electron chi connectivity index (χ2n) is 3.95. The van der Waals surface area contributed by atoms with Crippen molar-refractivity contribution in [1.82, 2.24) is 5.32 Å². The fraction of sp³-hybridized carbons (Fsp3) is 0.909. The molecular formula is C11H20N2. The average molecular weight is 180 g/mol. The Labute approximate surface area is 81.3 Å². The average Bonchev–Trinajstić information content (AvgIpc) is 2.07. The van der Waals surface area contributed by atoms with Crippen LogP contribution in [0.5, 0.6) is 0 Å². The van der Waals surface area contributed by atoms with Crippen molar-refractivity contribution in [1.29, 1.82) is 5.26 Å². The van der Waals surface area contributed by atoms with Gasteiger partial charge in [-0.3, -0.25) is 0 Å². The highest BCUT2D eigenvalue weighted by atomic mass is 14.8. The molecule has 1 aliphatic carbocycles. The Morgan fingerprint density at radius 3 is 2.69 bits per heavy atom. The number of nitrogens with one attached hydrogen (secondary N) is 1. The molecule has 0 aromatic heterocycles. The van der Waals surface area contributed by atoms with E-state index in [0.29, 0.717) is 6.42 Å². The molecule has 1 saturated carbocycles. The Morgan fingerprint density at radius 1 is 1.23 bits per heavy atom. The minimum absolute atomic E-state index is 0.713. The standard InChI is InChI=1S/C11H20N2/c12-8-2-1-3-9-13-10-7-11-5-4-6-11/h11,13H,1-7,9-10H2. The summed E-state index contributed by atoms with van der Waals surface area (Å²) in [7, 11) is 0.